The number of hydrogen-bond donors (Lipinski definition) is 0. The van der Waals surface area contributed by atoms with Crippen LogP contribution in [0.25, 0.3) is 0 Å². The summed E-state index contributed by atoms with van der Waals surface area (Å²) in [5, 5.41) is 0. The molecule has 0 aromatic carbocycles. The summed E-state index contributed by atoms with van der Waals surface area (Å²) >= 11 is 0. The van der Waals surface area contributed by atoms with Gasteiger partial charge in [-0.3, -0.25) is 19.2 Å². The van der Waals surface area contributed by atoms with E-state index < -0.39 is 16.6 Å². The van der Waals surface area contributed by atoms with Crippen molar-refractivity contribution in [3.05, 3.63) is 48.6 Å². The lowest BCUT2D eigenvalue weighted by molar-refractivity contribution is -0.116. The lowest BCUT2D eigenvalue weighted by atomic mass is 10.1. The Bertz CT molecular complexity index is 861. The Morgan fingerprint density at radius 3 is 0.949 bits per heavy atom. The fourth-order valence-corrected chi connectivity index (χ4v) is 15.5. The van der Waals surface area contributed by atoms with Crippen LogP contribution in [0, 0.1) is 0 Å². The van der Waals surface area contributed by atoms with E-state index >= 15 is 0 Å². The normalized spacial score (nSPS) is 14.1. The molecule has 5 nitrogen and oxygen atoms in total. The molecule has 0 aliphatic carbocycles. The Hall–Kier alpha value is -1.97. The van der Waals surface area contributed by atoms with Gasteiger partial charge in [-0.05, 0) is 113 Å². The molecular formula is C32H54O5Si2. The van der Waals surface area contributed by atoms with Gasteiger partial charge in [0.1, 0.15) is 0 Å². The Labute approximate surface area is 240 Å². The molecular weight excluding hydrogens is 521 g/mol. The fraction of sp³-hybridized carbons (Fsp3) is 0.625. The number of hydrogen-bond acceptors (Lipinski definition) is 5. The van der Waals surface area contributed by atoms with E-state index in [2.05, 4.69) is 39.4 Å². The van der Waals surface area contributed by atoms with Gasteiger partial charge in [0.05, 0.1) is 0 Å². The Morgan fingerprint density at radius 2 is 0.692 bits per heavy atom. The topological polar surface area (TPSA) is 77.5 Å². The van der Waals surface area contributed by atoms with Gasteiger partial charge >= 0.3 is 0 Å². The van der Waals surface area contributed by atoms with Crippen LogP contribution in [0.1, 0.15) is 91.9 Å². The van der Waals surface area contributed by atoms with Gasteiger partial charge in [0.15, 0.2) is 39.8 Å². The SMILES string of the molecule is C=C(C)C(=O)CCCC[Si](C)(CCCC(=O)C(=C)C)O[Si](C)(CCCCC(=O)C(=C)C)CCCC(=O)C(=C)C. The molecule has 0 radical (unpaired) electrons. The molecule has 0 heterocycles. The molecule has 0 N–H and O–H groups in total. The average Bonchev–Trinajstić information content (AvgIpc) is 2.83. The van der Waals surface area contributed by atoms with Crippen molar-refractivity contribution >= 4 is 39.8 Å². The zero-order chi connectivity index (χ0) is 30.2. The Kier molecular flexibility index (Phi) is 17.5. The predicted octanol–water partition coefficient (Wildman–Crippen LogP) is 8.64. The van der Waals surface area contributed by atoms with Crippen molar-refractivity contribution in [2.24, 2.45) is 0 Å². The van der Waals surface area contributed by atoms with E-state index in [0.29, 0.717) is 48.0 Å². The number of carbonyl (C=O) groups is 4. The van der Waals surface area contributed by atoms with Crippen LogP contribution in [-0.4, -0.2) is 39.8 Å². The summed E-state index contributed by atoms with van der Waals surface area (Å²) in [5.74, 6) is 0.409. The van der Waals surface area contributed by atoms with Crippen LogP contribution in [0.2, 0.25) is 37.3 Å². The number of unbranched alkanes of at least 4 members (excludes halogenated alkanes) is 2. The summed E-state index contributed by atoms with van der Waals surface area (Å²) in [6.07, 6.45) is 6.91. The minimum atomic E-state index is -2.22. The highest BCUT2D eigenvalue weighted by Crippen LogP contribution is 2.33. The van der Waals surface area contributed by atoms with Crippen molar-refractivity contribution < 1.29 is 23.3 Å². The van der Waals surface area contributed by atoms with Crippen molar-refractivity contribution in [2.45, 2.75) is 129 Å². The molecule has 2 atom stereocenters. The summed E-state index contributed by atoms with van der Waals surface area (Å²) in [7, 11) is -4.44. The maximum absolute atomic E-state index is 12.2. The molecule has 0 bridgehead atoms. The number of allylic oxidation sites excluding steroid dienone is 4. The van der Waals surface area contributed by atoms with E-state index in [1.54, 1.807) is 27.7 Å². The lowest BCUT2D eigenvalue weighted by Gasteiger charge is -2.39. The molecule has 0 fully saturated rings. The number of rotatable bonds is 24. The van der Waals surface area contributed by atoms with Crippen LogP contribution in [0.15, 0.2) is 48.6 Å². The molecule has 220 valence electrons. The van der Waals surface area contributed by atoms with E-state index in [1.807, 2.05) is 0 Å². The summed E-state index contributed by atoms with van der Waals surface area (Å²) in [5.41, 5.74) is 2.37. The molecule has 0 aromatic heterocycles. The highest BCUT2D eigenvalue weighted by atomic mass is 28.4. The second-order valence-corrected chi connectivity index (χ2v) is 20.6. The second-order valence-electron chi connectivity index (χ2n) is 11.9. The van der Waals surface area contributed by atoms with E-state index in [-0.39, 0.29) is 23.1 Å². The van der Waals surface area contributed by atoms with Gasteiger partial charge in [-0.15, -0.1) is 0 Å². The van der Waals surface area contributed by atoms with Gasteiger partial charge < -0.3 is 4.12 Å². The second kappa shape index (κ2) is 18.4. The first kappa shape index (κ1) is 37.0. The first-order valence-corrected chi connectivity index (χ1v) is 20.1. The van der Waals surface area contributed by atoms with Crippen molar-refractivity contribution in [3.63, 3.8) is 0 Å². The third kappa shape index (κ3) is 16.7. The van der Waals surface area contributed by atoms with Gasteiger partial charge in [0.2, 0.25) is 0 Å². The minimum absolute atomic E-state index is 0.0962. The molecule has 0 aromatic rings. The van der Waals surface area contributed by atoms with Gasteiger partial charge in [0, 0.05) is 25.7 Å². The predicted molar refractivity (Wildman–Crippen MR) is 169 cm³/mol. The molecule has 0 rings (SSSR count). The van der Waals surface area contributed by atoms with Crippen molar-refractivity contribution in [2.75, 3.05) is 0 Å². The molecule has 39 heavy (non-hydrogen) atoms. The van der Waals surface area contributed by atoms with Crippen LogP contribution >= 0.6 is 0 Å². The maximum atomic E-state index is 12.2. The largest absolute Gasteiger partial charge is 0.455 e. The standard InChI is InChI=1S/C32H54O5Si2/c1-25(2)29(33)17-11-13-21-38(9,23-15-19-31(35)27(5)6)37-39(10,24-16-20-32(36)28(7)8)22-14-12-18-30(34)26(3)4/h1,3,5,7,11-24H2,2,4,6,8-10H3. The van der Waals surface area contributed by atoms with Crippen LogP contribution in [0.3, 0.4) is 0 Å². The van der Waals surface area contributed by atoms with Crippen molar-refractivity contribution in [3.8, 4) is 0 Å². The van der Waals surface area contributed by atoms with Gasteiger partial charge in [0.25, 0.3) is 0 Å². The quantitative estimate of drug-likeness (QED) is 0.0655. The zero-order valence-corrected chi connectivity index (χ0v) is 27.8. The highest BCUT2D eigenvalue weighted by Gasteiger charge is 2.38. The summed E-state index contributed by atoms with van der Waals surface area (Å²) in [6.45, 7) is 26.6. The van der Waals surface area contributed by atoms with Crippen LogP contribution in [0.4, 0.5) is 0 Å². The van der Waals surface area contributed by atoms with Crippen LogP contribution in [-0.2, 0) is 23.3 Å². The van der Waals surface area contributed by atoms with E-state index in [4.69, 9.17) is 4.12 Å². The highest BCUT2D eigenvalue weighted by molar-refractivity contribution is 6.86. The molecule has 0 amide bonds. The minimum Gasteiger partial charge on any atom is -0.455 e. The van der Waals surface area contributed by atoms with Gasteiger partial charge in [-0.2, -0.15) is 0 Å². The number of carbonyl (C=O) groups excluding carboxylic acids is 4. The van der Waals surface area contributed by atoms with Crippen LogP contribution in [0.5, 0.6) is 0 Å². The Morgan fingerprint density at radius 1 is 0.462 bits per heavy atom. The molecule has 0 aliphatic rings. The van der Waals surface area contributed by atoms with Crippen LogP contribution < -0.4 is 0 Å². The summed E-state index contributed by atoms with van der Waals surface area (Å²) < 4.78 is 7.22. The van der Waals surface area contributed by atoms with E-state index in [1.165, 1.54) is 0 Å². The molecule has 2 unspecified atom stereocenters. The maximum Gasteiger partial charge on any atom is 0.176 e. The third-order valence-electron chi connectivity index (χ3n) is 7.33. The van der Waals surface area contributed by atoms with E-state index in [9.17, 15) is 19.2 Å². The molecule has 0 spiro atoms. The van der Waals surface area contributed by atoms with Crippen molar-refractivity contribution in [1.82, 2.24) is 0 Å². The van der Waals surface area contributed by atoms with Crippen molar-refractivity contribution in [1.29, 1.82) is 0 Å². The monoisotopic (exact) mass is 574 g/mol. The molecule has 0 aliphatic heterocycles. The third-order valence-corrected chi connectivity index (χ3v) is 16.9. The van der Waals surface area contributed by atoms with Gasteiger partial charge in [-0.25, -0.2) is 0 Å². The number of ketones is 4. The first-order chi connectivity index (χ1) is 18.0. The fourth-order valence-electron chi connectivity index (χ4n) is 4.72. The first-order valence-electron chi connectivity index (χ1n) is 14.5. The molecule has 0 saturated heterocycles. The van der Waals surface area contributed by atoms with Gasteiger partial charge in [-0.1, -0.05) is 39.2 Å². The number of Topliss-reactive ketones (excluding diaryl/α,β-unsaturated/α-hetero) is 4. The molecule has 0 saturated carbocycles. The average molecular weight is 575 g/mol. The lowest BCUT2D eigenvalue weighted by Crippen LogP contribution is -2.48. The summed E-state index contributed by atoms with van der Waals surface area (Å²) in [4.78, 5) is 48.5. The van der Waals surface area contributed by atoms with E-state index in [0.717, 1.165) is 62.7 Å². The Balaban J connectivity index is 5.60. The molecule has 7 heteroatoms. The smallest absolute Gasteiger partial charge is 0.176 e. The zero-order valence-electron chi connectivity index (χ0n) is 25.8. The summed E-state index contributed by atoms with van der Waals surface area (Å²) in [6, 6.07) is 3.61.